The summed E-state index contributed by atoms with van der Waals surface area (Å²) in [7, 11) is 0. The molecular formula is C10H8ClN3O2S. The van der Waals surface area contributed by atoms with Crippen LogP contribution in [0.1, 0.15) is 16.1 Å². The van der Waals surface area contributed by atoms with Crippen molar-refractivity contribution in [2.45, 2.75) is 6.54 Å². The molecule has 0 radical (unpaired) electrons. The van der Waals surface area contributed by atoms with Gasteiger partial charge in [-0.3, -0.25) is 0 Å². The lowest BCUT2D eigenvalue weighted by Crippen LogP contribution is -2.08. The third-order valence-corrected chi connectivity index (χ3v) is 2.86. The molecule has 0 aliphatic heterocycles. The predicted octanol–water partition coefficient (Wildman–Crippen LogP) is 2.50. The van der Waals surface area contributed by atoms with Gasteiger partial charge in [-0.05, 0) is 12.1 Å². The Morgan fingerprint density at radius 2 is 2.35 bits per heavy atom. The van der Waals surface area contributed by atoms with E-state index < -0.39 is 5.97 Å². The van der Waals surface area contributed by atoms with E-state index in [1.807, 2.05) is 5.38 Å². The number of halogens is 1. The zero-order valence-corrected chi connectivity index (χ0v) is 10.1. The van der Waals surface area contributed by atoms with Gasteiger partial charge in [-0.25, -0.2) is 14.8 Å². The summed E-state index contributed by atoms with van der Waals surface area (Å²) in [5.74, 6) is -0.798. The Kier molecular flexibility index (Phi) is 3.55. The van der Waals surface area contributed by atoms with E-state index in [-0.39, 0.29) is 16.5 Å². The number of rotatable bonds is 4. The van der Waals surface area contributed by atoms with Crippen LogP contribution in [0, 0.1) is 0 Å². The lowest BCUT2D eigenvalue weighted by molar-refractivity contribution is 0.0697. The first-order valence-electron chi connectivity index (χ1n) is 4.67. The number of hydrogen-bond donors (Lipinski definition) is 2. The molecule has 2 aromatic rings. The van der Waals surface area contributed by atoms with Crippen molar-refractivity contribution in [3.8, 4) is 0 Å². The molecule has 0 aromatic carbocycles. The summed E-state index contributed by atoms with van der Waals surface area (Å²) in [6, 6.07) is 2.86. The van der Waals surface area contributed by atoms with Crippen molar-refractivity contribution in [3.63, 3.8) is 0 Å². The van der Waals surface area contributed by atoms with Crippen LogP contribution in [-0.4, -0.2) is 21.0 Å². The molecule has 0 saturated carbocycles. The fourth-order valence-corrected chi connectivity index (χ4v) is 1.95. The molecule has 2 heterocycles. The number of nitrogens with zero attached hydrogens (tertiary/aromatic N) is 2. The van der Waals surface area contributed by atoms with Gasteiger partial charge in [0.05, 0.1) is 17.7 Å². The molecule has 0 saturated heterocycles. The third-order valence-electron chi connectivity index (χ3n) is 2.01. The molecule has 0 bridgehead atoms. The van der Waals surface area contributed by atoms with Crippen LogP contribution in [0.3, 0.4) is 0 Å². The number of pyridine rings is 1. The number of aromatic nitrogens is 2. The minimum atomic E-state index is -1.05. The second-order valence-electron chi connectivity index (χ2n) is 3.17. The minimum absolute atomic E-state index is 0.0876. The number of aromatic carboxylic acids is 1. The van der Waals surface area contributed by atoms with Crippen molar-refractivity contribution in [1.82, 2.24) is 9.97 Å². The molecule has 0 fully saturated rings. The van der Waals surface area contributed by atoms with Crippen LogP contribution in [0.15, 0.2) is 23.0 Å². The Hall–Kier alpha value is -1.66. The standard InChI is InChI=1S/C10H8ClN3O2S/c11-8-2-1-7(10(15)16)9(14-8)12-3-6-4-17-5-13-6/h1-2,4-5H,3H2,(H,12,14)(H,15,16). The van der Waals surface area contributed by atoms with Gasteiger partial charge in [-0.1, -0.05) is 11.6 Å². The van der Waals surface area contributed by atoms with Crippen molar-refractivity contribution in [3.05, 3.63) is 39.4 Å². The van der Waals surface area contributed by atoms with Gasteiger partial charge in [0.2, 0.25) is 0 Å². The zero-order chi connectivity index (χ0) is 12.3. The number of hydrogen-bond acceptors (Lipinski definition) is 5. The summed E-state index contributed by atoms with van der Waals surface area (Å²) in [6.07, 6.45) is 0. The molecular weight excluding hydrogens is 262 g/mol. The summed E-state index contributed by atoms with van der Waals surface area (Å²) in [6.45, 7) is 0.414. The van der Waals surface area contributed by atoms with Gasteiger partial charge in [-0.15, -0.1) is 11.3 Å². The highest BCUT2D eigenvalue weighted by molar-refractivity contribution is 7.07. The third kappa shape index (κ3) is 2.92. The van der Waals surface area contributed by atoms with Crippen LogP contribution in [0.4, 0.5) is 5.82 Å². The van der Waals surface area contributed by atoms with E-state index in [2.05, 4.69) is 15.3 Å². The summed E-state index contributed by atoms with van der Waals surface area (Å²) in [5.41, 5.74) is 2.62. The van der Waals surface area contributed by atoms with E-state index in [1.165, 1.54) is 23.5 Å². The van der Waals surface area contributed by atoms with Crippen LogP contribution < -0.4 is 5.32 Å². The second-order valence-corrected chi connectivity index (χ2v) is 4.27. The van der Waals surface area contributed by atoms with Crippen LogP contribution in [0.2, 0.25) is 5.15 Å². The zero-order valence-electron chi connectivity index (χ0n) is 8.55. The smallest absolute Gasteiger partial charge is 0.339 e. The average Bonchev–Trinajstić information content (AvgIpc) is 2.78. The fourth-order valence-electron chi connectivity index (χ4n) is 1.24. The maximum atomic E-state index is 11.0. The Labute approximate surface area is 106 Å². The van der Waals surface area contributed by atoms with Crippen molar-refractivity contribution >= 4 is 34.7 Å². The number of nitrogens with one attached hydrogen (secondary N) is 1. The van der Waals surface area contributed by atoms with Crippen LogP contribution in [0.5, 0.6) is 0 Å². The molecule has 2 N–H and O–H groups in total. The summed E-state index contributed by atoms with van der Waals surface area (Å²) >= 11 is 7.20. The number of carboxylic acid groups (broad SMARTS) is 1. The first-order valence-corrected chi connectivity index (χ1v) is 5.99. The molecule has 88 valence electrons. The molecule has 0 aliphatic carbocycles. The predicted molar refractivity (Wildman–Crippen MR) is 65.6 cm³/mol. The SMILES string of the molecule is O=C(O)c1ccc(Cl)nc1NCc1cscn1. The maximum Gasteiger partial charge on any atom is 0.339 e. The highest BCUT2D eigenvalue weighted by atomic mass is 35.5. The topological polar surface area (TPSA) is 75.1 Å². The van der Waals surface area contributed by atoms with E-state index in [1.54, 1.807) is 5.51 Å². The highest BCUT2D eigenvalue weighted by Gasteiger charge is 2.11. The van der Waals surface area contributed by atoms with Crippen molar-refractivity contribution in [2.75, 3.05) is 5.32 Å². The molecule has 17 heavy (non-hydrogen) atoms. The quantitative estimate of drug-likeness (QED) is 0.834. The van der Waals surface area contributed by atoms with Gasteiger partial charge >= 0.3 is 5.97 Å². The van der Waals surface area contributed by atoms with Gasteiger partial charge in [0.1, 0.15) is 16.5 Å². The number of carboxylic acids is 1. The number of thiazole rings is 1. The summed E-state index contributed by atoms with van der Waals surface area (Å²) < 4.78 is 0. The Bertz CT molecular complexity index is 530. The molecule has 0 aliphatic rings. The lowest BCUT2D eigenvalue weighted by atomic mass is 10.2. The number of carbonyl (C=O) groups is 1. The second kappa shape index (κ2) is 5.11. The fraction of sp³-hybridized carbons (Fsp3) is 0.100. The van der Waals surface area contributed by atoms with Gasteiger partial charge in [0, 0.05) is 5.38 Å². The highest BCUT2D eigenvalue weighted by Crippen LogP contribution is 2.17. The van der Waals surface area contributed by atoms with E-state index in [0.29, 0.717) is 6.54 Å². The van der Waals surface area contributed by atoms with E-state index in [9.17, 15) is 4.79 Å². The normalized spacial score (nSPS) is 10.2. The lowest BCUT2D eigenvalue weighted by Gasteiger charge is -2.07. The Morgan fingerprint density at radius 1 is 1.53 bits per heavy atom. The number of anilines is 1. The Balaban J connectivity index is 2.19. The first-order chi connectivity index (χ1) is 8.16. The molecule has 0 unspecified atom stereocenters. The molecule has 0 spiro atoms. The first kappa shape index (κ1) is 11.8. The van der Waals surface area contributed by atoms with Gasteiger partial charge in [-0.2, -0.15) is 0 Å². The van der Waals surface area contributed by atoms with Crippen LogP contribution in [-0.2, 0) is 6.54 Å². The van der Waals surface area contributed by atoms with Gasteiger partial charge in [0.15, 0.2) is 0 Å². The van der Waals surface area contributed by atoms with Crippen molar-refractivity contribution < 1.29 is 9.90 Å². The largest absolute Gasteiger partial charge is 0.478 e. The van der Waals surface area contributed by atoms with Gasteiger partial charge < -0.3 is 10.4 Å². The summed E-state index contributed by atoms with van der Waals surface area (Å²) in [5, 5.41) is 14.0. The molecule has 7 heteroatoms. The average molecular weight is 270 g/mol. The maximum absolute atomic E-state index is 11.0. The molecule has 5 nitrogen and oxygen atoms in total. The summed E-state index contributed by atoms with van der Waals surface area (Å²) in [4.78, 5) is 19.0. The molecule has 2 rings (SSSR count). The van der Waals surface area contributed by atoms with Crippen LogP contribution in [0.25, 0.3) is 0 Å². The van der Waals surface area contributed by atoms with Gasteiger partial charge in [0.25, 0.3) is 0 Å². The molecule has 0 atom stereocenters. The molecule has 2 aromatic heterocycles. The minimum Gasteiger partial charge on any atom is -0.478 e. The van der Waals surface area contributed by atoms with Crippen molar-refractivity contribution in [1.29, 1.82) is 0 Å². The molecule has 0 amide bonds. The monoisotopic (exact) mass is 269 g/mol. The van der Waals surface area contributed by atoms with Crippen LogP contribution >= 0.6 is 22.9 Å². The Morgan fingerprint density at radius 3 is 3.00 bits per heavy atom. The van der Waals surface area contributed by atoms with E-state index in [4.69, 9.17) is 16.7 Å². The van der Waals surface area contributed by atoms with Crippen molar-refractivity contribution in [2.24, 2.45) is 0 Å². The van der Waals surface area contributed by atoms with E-state index in [0.717, 1.165) is 5.69 Å². The van der Waals surface area contributed by atoms with E-state index >= 15 is 0 Å².